The molecule has 1 atom stereocenters. The number of hydrogen-bond acceptors (Lipinski definition) is 2. The van der Waals surface area contributed by atoms with E-state index in [0.717, 1.165) is 35.5 Å². The number of amides is 1. The minimum Gasteiger partial charge on any atom is -0.331 e. The molecule has 1 aromatic heterocycles. The molecule has 1 aromatic carbocycles. The first-order valence-corrected chi connectivity index (χ1v) is 8.69. The molecule has 1 amide bonds. The smallest absolute Gasteiger partial charge is 0.247 e. The largest absolute Gasteiger partial charge is 0.331 e. The summed E-state index contributed by atoms with van der Waals surface area (Å²) in [7, 11) is 0. The molecule has 22 heavy (non-hydrogen) atoms. The van der Waals surface area contributed by atoms with Gasteiger partial charge in [-0.2, -0.15) is 0 Å². The third kappa shape index (κ3) is 3.26. The van der Waals surface area contributed by atoms with Gasteiger partial charge in [-0.25, -0.2) is 0 Å². The van der Waals surface area contributed by atoms with Gasteiger partial charge in [0.15, 0.2) is 0 Å². The van der Waals surface area contributed by atoms with Gasteiger partial charge in [0.25, 0.3) is 0 Å². The summed E-state index contributed by atoms with van der Waals surface area (Å²) in [6, 6.07) is 10.2. The molecule has 0 bridgehead atoms. The fourth-order valence-corrected chi connectivity index (χ4v) is 3.85. The van der Waals surface area contributed by atoms with E-state index in [9.17, 15) is 4.79 Å². The molecule has 0 radical (unpaired) electrons. The number of hydrogen-bond donors (Lipinski definition) is 0. The van der Waals surface area contributed by atoms with Crippen LogP contribution in [0.1, 0.15) is 34.9 Å². The van der Waals surface area contributed by atoms with Crippen molar-refractivity contribution < 1.29 is 4.79 Å². The summed E-state index contributed by atoms with van der Waals surface area (Å²) in [4.78, 5) is 15.7. The van der Waals surface area contributed by atoms with Crippen LogP contribution in [-0.2, 0) is 4.79 Å². The molecule has 1 aliphatic rings. The Morgan fingerprint density at radius 3 is 3.00 bits per heavy atom. The van der Waals surface area contributed by atoms with E-state index >= 15 is 0 Å². The molecule has 1 unspecified atom stereocenters. The molecule has 1 saturated heterocycles. The van der Waals surface area contributed by atoms with Gasteiger partial charge < -0.3 is 4.90 Å². The number of likely N-dealkylation sites (tertiary alicyclic amines) is 1. The Labute approximate surface area is 140 Å². The molecule has 0 aliphatic carbocycles. The molecule has 114 valence electrons. The Bertz CT molecular complexity index is 693. The van der Waals surface area contributed by atoms with Crippen molar-refractivity contribution in [2.24, 2.45) is 0 Å². The maximum atomic E-state index is 12.5. The quantitative estimate of drug-likeness (QED) is 0.718. The molecule has 2 aromatic rings. The average Bonchev–Trinajstić information content (AvgIpc) is 3.18. The first-order valence-electron chi connectivity index (χ1n) is 7.43. The second-order valence-electron chi connectivity index (χ2n) is 5.55. The number of carbonyl (C=O) groups is 1. The van der Waals surface area contributed by atoms with E-state index in [4.69, 9.17) is 11.6 Å². The molecule has 1 aliphatic heterocycles. The lowest BCUT2D eigenvalue weighted by Gasteiger charge is -2.22. The number of carbonyl (C=O) groups excluding carboxylic acids is 1. The van der Waals surface area contributed by atoms with Crippen molar-refractivity contribution in [2.75, 3.05) is 6.54 Å². The van der Waals surface area contributed by atoms with Gasteiger partial charge in [-0.15, -0.1) is 11.3 Å². The zero-order valence-electron chi connectivity index (χ0n) is 12.5. The van der Waals surface area contributed by atoms with Crippen molar-refractivity contribution in [1.29, 1.82) is 0 Å². The maximum absolute atomic E-state index is 12.5. The summed E-state index contributed by atoms with van der Waals surface area (Å²) in [6.45, 7) is 2.80. The van der Waals surface area contributed by atoms with Gasteiger partial charge in [0.05, 0.1) is 6.04 Å². The van der Waals surface area contributed by atoms with Crippen LogP contribution in [0.4, 0.5) is 0 Å². The number of rotatable bonds is 3. The van der Waals surface area contributed by atoms with Crippen LogP contribution in [0.25, 0.3) is 6.08 Å². The molecule has 3 rings (SSSR count). The van der Waals surface area contributed by atoms with Crippen LogP contribution in [0.5, 0.6) is 0 Å². The number of thiophene rings is 1. The third-order valence-electron chi connectivity index (χ3n) is 4.02. The first kappa shape index (κ1) is 15.3. The molecule has 2 nitrogen and oxygen atoms in total. The molecular formula is C18H18ClNOS. The monoisotopic (exact) mass is 331 g/mol. The Balaban J connectivity index is 1.73. The van der Waals surface area contributed by atoms with Crippen molar-refractivity contribution >= 4 is 34.9 Å². The van der Waals surface area contributed by atoms with E-state index in [1.54, 1.807) is 17.4 Å². The summed E-state index contributed by atoms with van der Waals surface area (Å²) < 4.78 is 0. The van der Waals surface area contributed by atoms with Gasteiger partial charge in [0, 0.05) is 22.5 Å². The highest BCUT2D eigenvalue weighted by molar-refractivity contribution is 7.10. The highest BCUT2D eigenvalue weighted by atomic mass is 35.5. The van der Waals surface area contributed by atoms with Gasteiger partial charge in [-0.1, -0.05) is 29.8 Å². The highest BCUT2D eigenvalue weighted by Crippen LogP contribution is 2.34. The molecule has 0 spiro atoms. The number of nitrogens with zero attached hydrogens (tertiary/aromatic N) is 1. The minimum atomic E-state index is 0.0765. The van der Waals surface area contributed by atoms with Crippen LogP contribution in [0.15, 0.2) is 41.8 Å². The Morgan fingerprint density at radius 2 is 2.27 bits per heavy atom. The van der Waals surface area contributed by atoms with E-state index in [1.165, 1.54) is 4.88 Å². The zero-order valence-corrected chi connectivity index (χ0v) is 14.0. The Kier molecular flexibility index (Phi) is 4.65. The summed E-state index contributed by atoms with van der Waals surface area (Å²) in [6.07, 6.45) is 5.62. The fourth-order valence-electron chi connectivity index (χ4n) is 2.78. The Morgan fingerprint density at radius 1 is 1.41 bits per heavy atom. The van der Waals surface area contributed by atoms with Crippen LogP contribution in [0, 0.1) is 6.92 Å². The minimum absolute atomic E-state index is 0.0765. The summed E-state index contributed by atoms with van der Waals surface area (Å²) >= 11 is 7.84. The SMILES string of the molecule is Cc1ccc(/C=C/C(=O)N2CCCC2c2cccs2)cc1Cl. The predicted molar refractivity (Wildman–Crippen MR) is 93.2 cm³/mol. The molecule has 0 N–H and O–H groups in total. The lowest BCUT2D eigenvalue weighted by molar-refractivity contribution is -0.126. The molecule has 1 fully saturated rings. The van der Waals surface area contributed by atoms with Crippen molar-refractivity contribution in [3.05, 3.63) is 62.8 Å². The zero-order chi connectivity index (χ0) is 15.5. The van der Waals surface area contributed by atoms with E-state index < -0.39 is 0 Å². The summed E-state index contributed by atoms with van der Waals surface area (Å²) in [5, 5.41) is 2.80. The van der Waals surface area contributed by atoms with Crippen LogP contribution in [0.3, 0.4) is 0 Å². The lowest BCUT2D eigenvalue weighted by atomic mass is 10.1. The number of aryl methyl sites for hydroxylation is 1. The van der Waals surface area contributed by atoms with E-state index in [2.05, 4.69) is 11.4 Å². The summed E-state index contributed by atoms with van der Waals surface area (Å²) in [5.41, 5.74) is 2.00. The van der Waals surface area contributed by atoms with Crippen molar-refractivity contribution in [3.63, 3.8) is 0 Å². The fraction of sp³-hybridized carbons (Fsp3) is 0.278. The predicted octanol–water partition coefficient (Wildman–Crippen LogP) is 5.09. The topological polar surface area (TPSA) is 20.3 Å². The van der Waals surface area contributed by atoms with Gasteiger partial charge in [-0.05, 0) is 54.5 Å². The van der Waals surface area contributed by atoms with E-state index in [1.807, 2.05) is 42.2 Å². The number of halogens is 1. The van der Waals surface area contributed by atoms with Gasteiger partial charge in [0.2, 0.25) is 5.91 Å². The van der Waals surface area contributed by atoms with Crippen molar-refractivity contribution in [3.8, 4) is 0 Å². The molecule has 0 saturated carbocycles. The normalized spacial score (nSPS) is 18.3. The second-order valence-corrected chi connectivity index (χ2v) is 6.93. The molecule has 4 heteroatoms. The van der Waals surface area contributed by atoms with Crippen LogP contribution in [-0.4, -0.2) is 17.4 Å². The van der Waals surface area contributed by atoms with E-state index in [0.29, 0.717) is 0 Å². The van der Waals surface area contributed by atoms with Crippen LogP contribution >= 0.6 is 22.9 Å². The molecule has 2 heterocycles. The molecular weight excluding hydrogens is 314 g/mol. The maximum Gasteiger partial charge on any atom is 0.247 e. The third-order valence-corrected chi connectivity index (χ3v) is 5.40. The van der Waals surface area contributed by atoms with Crippen LogP contribution < -0.4 is 0 Å². The van der Waals surface area contributed by atoms with Gasteiger partial charge in [-0.3, -0.25) is 4.79 Å². The van der Waals surface area contributed by atoms with E-state index in [-0.39, 0.29) is 11.9 Å². The Hall–Kier alpha value is -1.58. The van der Waals surface area contributed by atoms with Crippen LogP contribution in [0.2, 0.25) is 5.02 Å². The van der Waals surface area contributed by atoms with Crippen molar-refractivity contribution in [2.45, 2.75) is 25.8 Å². The second kappa shape index (κ2) is 6.67. The summed E-state index contributed by atoms with van der Waals surface area (Å²) in [5.74, 6) is 0.0765. The average molecular weight is 332 g/mol. The lowest BCUT2D eigenvalue weighted by Crippen LogP contribution is -2.28. The standard InChI is InChI=1S/C18H18ClNOS/c1-13-6-7-14(12-15(13)19)8-9-18(21)20-10-2-4-16(20)17-5-3-11-22-17/h3,5-9,11-12,16H,2,4,10H2,1H3/b9-8+. The highest BCUT2D eigenvalue weighted by Gasteiger charge is 2.29. The number of benzene rings is 1. The van der Waals surface area contributed by atoms with Gasteiger partial charge in [0.1, 0.15) is 0 Å². The van der Waals surface area contributed by atoms with Crippen molar-refractivity contribution in [1.82, 2.24) is 4.90 Å². The van der Waals surface area contributed by atoms with Gasteiger partial charge >= 0.3 is 0 Å². The first-order chi connectivity index (χ1) is 10.6.